The zero-order valence-electron chi connectivity index (χ0n) is 17.1. The monoisotopic (exact) mass is 363 g/mol. The van der Waals surface area contributed by atoms with Crippen LogP contribution < -0.4 is 5.32 Å². The van der Waals surface area contributed by atoms with Crippen LogP contribution in [0.4, 0.5) is 0 Å². The zero-order chi connectivity index (χ0) is 19.9. The molecule has 1 aliphatic rings. The third kappa shape index (κ3) is 11.7. The van der Waals surface area contributed by atoms with Crippen LogP contribution in [0.5, 0.6) is 0 Å². The Kier molecular flexibility index (Phi) is 13.3. The Morgan fingerprint density at radius 1 is 1.15 bits per heavy atom. The van der Waals surface area contributed by atoms with Crippen LogP contribution in [-0.4, -0.2) is 23.5 Å². The number of carboxylic acid groups (broad SMARTS) is 1. The Hall–Kier alpha value is -1.84. The Labute approximate surface area is 159 Å². The Bertz CT molecular complexity index is 479. The minimum atomic E-state index is -1.03. The lowest BCUT2D eigenvalue weighted by molar-refractivity contribution is -0.140. The quantitative estimate of drug-likeness (QED) is 0.719. The van der Waals surface area contributed by atoms with Gasteiger partial charge in [-0.05, 0) is 44.4 Å². The maximum Gasteiger partial charge on any atom is 0.325 e. The van der Waals surface area contributed by atoms with Crippen molar-refractivity contribution >= 4 is 12.4 Å². The summed E-state index contributed by atoms with van der Waals surface area (Å²) in [6.07, 6.45) is 7.76. The van der Waals surface area contributed by atoms with Gasteiger partial charge in [-0.15, -0.1) is 0 Å². The number of nitrogens with one attached hydrogen (secondary N) is 1. The predicted molar refractivity (Wildman–Crippen MR) is 108 cm³/mol. The molecule has 1 amide bonds. The lowest BCUT2D eigenvalue weighted by atomic mass is 9.76. The molecule has 0 radical (unpaired) electrons. The first-order valence-corrected chi connectivity index (χ1v) is 9.75. The zero-order valence-corrected chi connectivity index (χ0v) is 17.1. The SMILES string of the molecule is CC(NC=O)C(=O)O.CCC1CCC(C(C)C)CC1.Cc1ccccc1. The van der Waals surface area contributed by atoms with Crippen molar-refractivity contribution in [2.24, 2.45) is 17.8 Å². The predicted octanol–water partition coefficient (Wildman–Crippen LogP) is 5.06. The lowest BCUT2D eigenvalue weighted by Gasteiger charge is -2.30. The van der Waals surface area contributed by atoms with Gasteiger partial charge in [-0.25, -0.2) is 0 Å². The van der Waals surface area contributed by atoms with E-state index in [1.807, 2.05) is 18.2 Å². The fourth-order valence-corrected chi connectivity index (χ4v) is 2.97. The number of benzene rings is 1. The highest BCUT2D eigenvalue weighted by molar-refractivity contribution is 5.75. The smallest absolute Gasteiger partial charge is 0.325 e. The van der Waals surface area contributed by atoms with Crippen LogP contribution in [0.25, 0.3) is 0 Å². The van der Waals surface area contributed by atoms with Gasteiger partial charge in [0.15, 0.2) is 0 Å². The van der Waals surface area contributed by atoms with Gasteiger partial charge in [0.1, 0.15) is 6.04 Å². The molecule has 0 heterocycles. The van der Waals surface area contributed by atoms with E-state index in [2.05, 4.69) is 45.1 Å². The number of rotatable bonds is 5. The van der Waals surface area contributed by atoms with E-state index < -0.39 is 12.0 Å². The van der Waals surface area contributed by atoms with Crippen molar-refractivity contribution in [3.8, 4) is 0 Å². The molecule has 0 aliphatic heterocycles. The van der Waals surface area contributed by atoms with Gasteiger partial charge in [-0.3, -0.25) is 9.59 Å². The van der Waals surface area contributed by atoms with Gasteiger partial charge in [-0.2, -0.15) is 0 Å². The summed E-state index contributed by atoms with van der Waals surface area (Å²) in [5, 5.41) is 10.2. The molecule has 4 nitrogen and oxygen atoms in total. The minimum absolute atomic E-state index is 0.360. The summed E-state index contributed by atoms with van der Waals surface area (Å²) in [7, 11) is 0. The summed E-state index contributed by atoms with van der Waals surface area (Å²) < 4.78 is 0. The summed E-state index contributed by atoms with van der Waals surface area (Å²) >= 11 is 0. The molecule has 148 valence electrons. The van der Waals surface area contributed by atoms with Crippen molar-refractivity contribution in [2.75, 3.05) is 0 Å². The number of carbonyl (C=O) groups is 2. The highest BCUT2D eigenvalue weighted by atomic mass is 16.4. The molecule has 0 spiro atoms. The fourth-order valence-electron chi connectivity index (χ4n) is 2.97. The Balaban J connectivity index is 0.000000373. The van der Waals surface area contributed by atoms with E-state index in [0.717, 1.165) is 17.8 Å². The van der Waals surface area contributed by atoms with Crippen LogP contribution in [0.15, 0.2) is 30.3 Å². The molecule has 1 aromatic rings. The van der Waals surface area contributed by atoms with Crippen LogP contribution in [-0.2, 0) is 9.59 Å². The van der Waals surface area contributed by atoms with Gasteiger partial charge >= 0.3 is 5.97 Å². The van der Waals surface area contributed by atoms with Crippen molar-refractivity contribution < 1.29 is 14.7 Å². The van der Waals surface area contributed by atoms with E-state index in [9.17, 15) is 9.59 Å². The molecular formula is C22H37NO3. The lowest BCUT2D eigenvalue weighted by Crippen LogP contribution is -2.32. The highest BCUT2D eigenvalue weighted by Crippen LogP contribution is 2.34. The first-order valence-electron chi connectivity index (χ1n) is 9.75. The van der Waals surface area contributed by atoms with Crippen LogP contribution in [0.2, 0.25) is 0 Å². The van der Waals surface area contributed by atoms with E-state index in [1.165, 1.54) is 44.6 Å². The molecular weight excluding hydrogens is 326 g/mol. The Morgan fingerprint density at radius 2 is 1.69 bits per heavy atom. The number of hydrogen-bond donors (Lipinski definition) is 2. The van der Waals surface area contributed by atoms with Gasteiger partial charge in [0.05, 0.1) is 0 Å². The molecule has 0 saturated heterocycles. The number of carbonyl (C=O) groups excluding carboxylic acids is 1. The summed E-state index contributed by atoms with van der Waals surface area (Å²) in [4.78, 5) is 19.4. The summed E-state index contributed by atoms with van der Waals surface area (Å²) in [6, 6.07) is 9.48. The molecule has 1 fully saturated rings. The first-order chi connectivity index (χ1) is 12.3. The maximum absolute atomic E-state index is 9.87. The van der Waals surface area contributed by atoms with Gasteiger partial charge in [0.2, 0.25) is 6.41 Å². The molecule has 1 aromatic carbocycles. The van der Waals surface area contributed by atoms with Gasteiger partial charge < -0.3 is 10.4 Å². The number of aryl methyl sites for hydroxylation is 1. The molecule has 2 rings (SSSR count). The average Bonchev–Trinajstić information content (AvgIpc) is 2.63. The maximum atomic E-state index is 9.87. The highest BCUT2D eigenvalue weighted by Gasteiger charge is 2.21. The second-order valence-electron chi connectivity index (χ2n) is 7.43. The van der Waals surface area contributed by atoms with Crippen molar-refractivity contribution in [3.05, 3.63) is 35.9 Å². The van der Waals surface area contributed by atoms with Crippen molar-refractivity contribution in [2.45, 2.75) is 72.8 Å². The van der Waals surface area contributed by atoms with E-state index in [-0.39, 0.29) is 0 Å². The Morgan fingerprint density at radius 3 is 1.96 bits per heavy atom. The summed E-state index contributed by atoms with van der Waals surface area (Å²) in [5.74, 6) is 1.99. The standard InChI is InChI=1S/C11H22.C7H8.C4H7NO3/c1-4-10-5-7-11(8-6-10)9(2)3;1-7-5-3-2-4-6-7;1-3(4(7)8)5-2-6/h9-11H,4-8H2,1-3H3;2-6H,1H3;2-3H,1H3,(H,5,6)(H,7,8). The van der Waals surface area contributed by atoms with Crippen LogP contribution in [0, 0.1) is 24.7 Å². The molecule has 4 heteroatoms. The number of carboxylic acids is 1. The summed E-state index contributed by atoms with van der Waals surface area (Å²) in [6.45, 7) is 10.5. The van der Waals surface area contributed by atoms with E-state index in [1.54, 1.807) is 0 Å². The number of amides is 1. The molecule has 0 aromatic heterocycles. The number of hydrogen-bond acceptors (Lipinski definition) is 2. The largest absolute Gasteiger partial charge is 0.480 e. The molecule has 1 aliphatic carbocycles. The topological polar surface area (TPSA) is 66.4 Å². The van der Waals surface area contributed by atoms with Crippen molar-refractivity contribution in [3.63, 3.8) is 0 Å². The van der Waals surface area contributed by atoms with E-state index in [0.29, 0.717) is 6.41 Å². The second kappa shape index (κ2) is 14.3. The van der Waals surface area contributed by atoms with Gasteiger partial charge in [-0.1, -0.05) is 75.9 Å². The van der Waals surface area contributed by atoms with Crippen LogP contribution >= 0.6 is 0 Å². The third-order valence-electron chi connectivity index (χ3n) is 5.04. The van der Waals surface area contributed by atoms with Crippen LogP contribution in [0.1, 0.15) is 65.4 Å². The van der Waals surface area contributed by atoms with Crippen LogP contribution in [0.3, 0.4) is 0 Å². The summed E-state index contributed by atoms with van der Waals surface area (Å²) in [5.41, 5.74) is 1.32. The fraction of sp³-hybridized carbons (Fsp3) is 0.636. The average molecular weight is 364 g/mol. The third-order valence-corrected chi connectivity index (χ3v) is 5.04. The minimum Gasteiger partial charge on any atom is -0.480 e. The molecule has 1 saturated carbocycles. The molecule has 2 N–H and O–H groups in total. The van der Waals surface area contributed by atoms with Crippen molar-refractivity contribution in [1.29, 1.82) is 0 Å². The molecule has 0 bridgehead atoms. The van der Waals surface area contributed by atoms with Gasteiger partial charge in [0, 0.05) is 0 Å². The molecule has 26 heavy (non-hydrogen) atoms. The van der Waals surface area contributed by atoms with Gasteiger partial charge in [0.25, 0.3) is 0 Å². The molecule has 1 atom stereocenters. The number of aliphatic carboxylic acids is 1. The van der Waals surface area contributed by atoms with E-state index >= 15 is 0 Å². The normalized spacial score (nSPS) is 19.9. The first kappa shape index (κ1) is 24.2. The van der Waals surface area contributed by atoms with E-state index in [4.69, 9.17) is 5.11 Å². The van der Waals surface area contributed by atoms with Crippen molar-refractivity contribution in [1.82, 2.24) is 5.32 Å². The second-order valence-corrected chi connectivity index (χ2v) is 7.43. The molecule has 1 unspecified atom stereocenters.